The van der Waals surface area contributed by atoms with Crippen molar-refractivity contribution in [3.63, 3.8) is 0 Å². The highest BCUT2D eigenvalue weighted by atomic mass is 16.5. The van der Waals surface area contributed by atoms with Crippen LogP contribution >= 0.6 is 0 Å². The molecule has 0 fully saturated rings. The highest BCUT2D eigenvalue weighted by Gasteiger charge is 2.23. The number of nitrogens with zero attached hydrogens (tertiary/aromatic N) is 2. The molecule has 1 aromatic heterocycles. The average molecular weight is 385 g/mol. The molecule has 0 radical (unpaired) electrons. The van der Waals surface area contributed by atoms with Crippen LogP contribution in [0.15, 0.2) is 65.5 Å². The molecule has 1 aliphatic heterocycles. The lowest BCUT2D eigenvalue weighted by Gasteiger charge is -2.20. The number of ether oxygens (including phenoxy) is 2. The number of anilines is 1. The van der Waals surface area contributed by atoms with Crippen LogP contribution in [0.1, 0.15) is 5.56 Å². The molecule has 5 rings (SSSR count). The first-order valence-corrected chi connectivity index (χ1v) is 9.33. The van der Waals surface area contributed by atoms with Crippen molar-refractivity contribution in [2.75, 3.05) is 19.0 Å². The number of nitrogens with one attached hydrogen (secondary N) is 1. The molecule has 2 heterocycles. The number of fused-ring (bicyclic) bond motifs is 2. The third-order valence-corrected chi connectivity index (χ3v) is 5.04. The maximum Gasteiger partial charge on any atom is 0.272 e. The largest absolute Gasteiger partial charge is 0.489 e. The molecule has 6 nitrogen and oxygen atoms in total. The smallest absolute Gasteiger partial charge is 0.272 e. The zero-order chi connectivity index (χ0) is 20.0. The fraction of sp³-hybridized carbons (Fsp3) is 0.130. The summed E-state index contributed by atoms with van der Waals surface area (Å²) in [4.78, 5) is 14.2. The van der Waals surface area contributed by atoms with Crippen molar-refractivity contribution in [1.82, 2.24) is 10.2 Å². The van der Waals surface area contributed by atoms with Crippen LogP contribution in [-0.4, -0.2) is 24.3 Å². The molecule has 0 amide bonds. The zero-order valence-electron chi connectivity index (χ0n) is 16.1. The van der Waals surface area contributed by atoms with Crippen LogP contribution in [0.5, 0.6) is 17.2 Å². The van der Waals surface area contributed by atoms with Crippen LogP contribution in [-0.2, 0) is 6.61 Å². The first kappa shape index (κ1) is 17.3. The third kappa shape index (κ3) is 2.99. The minimum atomic E-state index is -0.224. The van der Waals surface area contributed by atoms with Crippen LogP contribution in [0.25, 0.3) is 22.0 Å². The van der Waals surface area contributed by atoms with Gasteiger partial charge in [0.1, 0.15) is 29.5 Å². The van der Waals surface area contributed by atoms with E-state index in [4.69, 9.17) is 9.47 Å². The Labute approximate surface area is 167 Å². The lowest BCUT2D eigenvalue weighted by Crippen LogP contribution is -2.12. The van der Waals surface area contributed by atoms with Crippen LogP contribution in [0, 0.1) is 0 Å². The predicted molar refractivity (Wildman–Crippen MR) is 113 cm³/mol. The van der Waals surface area contributed by atoms with Gasteiger partial charge in [0, 0.05) is 31.4 Å². The SMILES string of the molecule is CN(C)c1cccc(OCc2ccc3c(c2)-c2n[nH]c(=O)c4cccc(c24)O3)c1. The van der Waals surface area contributed by atoms with E-state index >= 15 is 0 Å². The molecule has 0 saturated carbocycles. The highest BCUT2D eigenvalue weighted by molar-refractivity contribution is 6.01. The van der Waals surface area contributed by atoms with Crippen molar-refractivity contribution >= 4 is 16.5 Å². The van der Waals surface area contributed by atoms with E-state index in [0.717, 1.165) is 28.0 Å². The maximum absolute atomic E-state index is 12.1. The molecule has 6 heteroatoms. The molecule has 0 atom stereocenters. The Balaban J connectivity index is 1.50. The minimum Gasteiger partial charge on any atom is -0.489 e. The van der Waals surface area contributed by atoms with E-state index < -0.39 is 0 Å². The second kappa shape index (κ2) is 6.67. The molecular weight excluding hydrogens is 366 g/mol. The lowest BCUT2D eigenvalue weighted by atomic mass is 9.99. The Morgan fingerprint density at radius 2 is 1.90 bits per heavy atom. The minimum absolute atomic E-state index is 0.224. The molecule has 144 valence electrons. The summed E-state index contributed by atoms with van der Waals surface area (Å²) in [6, 6.07) is 19.3. The van der Waals surface area contributed by atoms with E-state index in [0.29, 0.717) is 29.2 Å². The molecule has 1 aliphatic rings. The van der Waals surface area contributed by atoms with Gasteiger partial charge in [0.25, 0.3) is 5.56 Å². The van der Waals surface area contributed by atoms with Crippen molar-refractivity contribution < 1.29 is 9.47 Å². The average Bonchev–Trinajstić information content (AvgIpc) is 2.74. The fourth-order valence-electron chi connectivity index (χ4n) is 3.54. The van der Waals surface area contributed by atoms with Gasteiger partial charge in [0.2, 0.25) is 0 Å². The van der Waals surface area contributed by atoms with Crippen LogP contribution in [0.4, 0.5) is 5.69 Å². The monoisotopic (exact) mass is 385 g/mol. The van der Waals surface area contributed by atoms with Crippen molar-refractivity contribution in [3.8, 4) is 28.5 Å². The van der Waals surface area contributed by atoms with Gasteiger partial charge in [-0.3, -0.25) is 4.79 Å². The van der Waals surface area contributed by atoms with Crippen molar-refractivity contribution in [2.45, 2.75) is 6.61 Å². The zero-order valence-corrected chi connectivity index (χ0v) is 16.1. The van der Waals surface area contributed by atoms with Gasteiger partial charge in [0.15, 0.2) is 0 Å². The molecule has 3 aromatic carbocycles. The highest BCUT2D eigenvalue weighted by Crippen LogP contribution is 2.44. The maximum atomic E-state index is 12.1. The van der Waals surface area contributed by atoms with Gasteiger partial charge in [-0.15, -0.1) is 0 Å². The molecule has 0 spiro atoms. The van der Waals surface area contributed by atoms with Crippen molar-refractivity contribution in [3.05, 3.63) is 76.6 Å². The van der Waals surface area contributed by atoms with E-state index in [9.17, 15) is 4.79 Å². The summed E-state index contributed by atoms with van der Waals surface area (Å²) in [5, 5.41) is 8.20. The Morgan fingerprint density at radius 3 is 2.76 bits per heavy atom. The second-order valence-electron chi connectivity index (χ2n) is 7.19. The van der Waals surface area contributed by atoms with Crippen molar-refractivity contribution in [2.24, 2.45) is 0 Å². The summed E-state index contributed by atoms with van der Waals surface area (Å²) < 4.78 is 12.0. The Kier molecular flexibility index (Phi) is 3.98. The molecular formula is C23H19N3O3. The molecule has 0 saturated heterocycles. The normalized spacial score (nSPS) is 11.7. The number of hydrogen-bond acceptors (Lipinski definition) is 5. The first-order chi connectivity index (χ1) is 14.1. The first-order valence-electron chi connectivity index (χ1n) is 9.33. The topological polar surface area (TPSA) is 67.5 Å². The van der Waals surface area contributed by atoms with Crippen LogP contribution in [0.3, 0.4) is 0 Å². The quantitative estimate of drug-likeness (QED) is 0.498. The van der Waals surface area contributed by atoms with Gasteiger partial charge >= 0.3 is 0 Å². The fourth-order valence-corrected chi connectivity index (χ4v) is 3.54. The van der Waals surface area contributed by atoms with Gasteiger partial charge in [-0.05, 0) is 42.0 Å². The molecule has 0 aliphatic carbocycles. The standard InChI is InChI=1S/C23H19N3O3/c1-26(2)15-5-3-6-16(12-15)28-13-14-9-10-19-18(11-14)22-21-17(23(27)25-24-22)7-4-8-20(21)29-19/h3-12H,13H2,1-2H3,(H,25,27). The second-order valence-corrected chi connectivity index (χ2v) is 7.19. The number of hydrogen-bond donors (Lipinski definition) is 1. The predicted octanol–water partition coefficient (Wildman–Crippen LogP) is 4.34. The summed E-state index contributed by atoms with van der Waals surface area (Å²) in [6.07, 6.45) is 0. The van der Waals surface area contributed by atoms with Crippen molar-refractivity contribution in [1.29, 1.82) is 0 Å². The summed E-state index contributed by atoms with van der Waals surface area (Å²) in [5.41, 5.74) is 3.40. The number of benzene rings is 3. The Hall–Kier alpha value is -3.80. The number of aromatic amines is 1. The third-order valence-electron chi connectivity index (χ3n) is 5.04. The molecule has 0 unspecified atom stereocenters. The van der Waals surface area contributed by atoms with E-state index in [1.165, 1.54) is 0 Å². The van der Waals surface area contributed by atoms with Crippen LogP contribution in [0.2, 0.25) is 0 Å². The summed E-state index contributed by atoms with van der Waals surface area (Å²) in [7, 11) is 4.00. The van der Waals surface area contributed by atoms with E-state index in [-0.39, 0.29) is 5.56 Å². The van der Waals surface area contributed by atoms with Gasteiger partial charge in [-0.25, -0.2) is 5.10 Å². The van der Waals surface area contributed by atoms with E-state index in [1.807, 2.05) is 73.6 Å². The molecule has 4 aromatic rings. The summed E-state index contributed by atoms with van der Waals surface area (Å²) in [5.74, 6) is 2.16. The molecule has 1 N–H and O–H groups in total. The van der Waals surface area contributed by atoms with Gasteiger partial charge < -0.3 is 14.4 Å². The summed E-state index contributed by atoms with van der Waals surface area (Å²) in [6.45, 7) is 0.415. The lowest BCUT2D eigenvalue weighted by molar-refractivity contribution is 0.306. The number of aromatic nitrogens is 2. The number of rotatable bonds is 4. The van der Waals surface area contributed by atoms with Gasteiger partial charge in [0.05, 0.1) is 10.8 Å². The van der Waals surface area contributed by atoms with Gasteiger partial charge in [-0.1, -0.05) is 18.2 Å². The van der Waals surface area contributed by atoms with Crippen LogP contribution < -0.4 is 19.9 Å². The van der Waals surface area contributed by atoms with Gasteiger partial charge in [-0.2, -0.15) is 5.10 Å². The molecule has 0 bridgehead atoms. The number of H-pyrrole nitrogens is 1. The van der Waals surface area contributed by atoms with E-state index in [1.54, 1.807) is 6.07 Å². The summed E-state index contributed by atoms with van der Waals surface area (Å²) >= 11 is 0. The Bertz CT molecular complexity index is 1290. The van der Waals surface area contributed by atoms with E-state index in [2.05, 4.69) is 10.2 Å². The molecule has 29 heavy (non-hydrogen) atoms. The Morgan fingerprint density at radius 1 is 1.03 bits per heavy atom.